The molecule has 2 aromatic rings. The number of methoxy groups -OCH3 is 1. The molecule has 0 saturated heterocycles. The number of benzene rings is 1. The third-order valence-electron chi connectivity index (χ3n) is 3.62. The number of carbonyl (C=O) groups excluding carboxylic acids is 1. The van der Waals surface area contributed by atoms with E-state index in [2.05, 4.69) is 4.98 Å². The van der Waals surface area contributed by atoms with E-state index in [1.165, 1.54) is 12.1 Å². The van der Waals surface area contributed by atoms with E-state index in [1.54, 1.807) is 30.5 Å². The van der Waals surface area contributed by atoms with Crippen LogP contribution in [0.15, 0.2) is 30.6 Å². The van der Waals surface area contributed by atoms with Crippen molar-refractivity contribution in [1.82, 2.24) is 14.5 Å². The second kappa shape index (κ2) is 5.65. The first kappa shape index (κ1) is 13.8. The van der Waals surface area contributed by atoms with Gasteiger partial charge in [0.05, 0.1) is 30.9 Å². The summed E-state index contributed by atoms with van der Waals surface area (Å²) in [6, 6.07) is 5.78. The van der Waals surface area contributed by atoms with Crippen LogP contribution < -0.4 is 0 Å². The van der Waals surface area contributed by atoms with Crippen molar-refractivity contribution < 1.29 is 13.9 Å². The molecule has 0 aliphatic carbocycles. The monoisotopic (exact) mass is 289 g/mol. The molecule has 1 aliphatic rings. The standard InChI is InChI=1S/C15H16FN3O2/c1-21-9-13-14-8-18(5-6-19(14)10-17-13)15(20)11-3-2-4-12(16)7-11/h2-4,7,10H,5-6,8-9H2,1H3. The Morgan fingerprint density at radius 2 is 2.29 bits per heavy atom. The predicted octanol–water partition coefficient (Wildman–Crippen LogP) is 1.82. The Labute approximate surface area is 122 Å². The maximum absolute atomic E-state index is 13.2. The number of carbonyl (C=O) groups is 1. The number of aromatic nitrogens is 2. The Kier molecular flexibility index (Phi) is 3.70. The molecule has 0 unspecified atom stereocenters. The molecule has 1 amide bonds. The van der Waals surface area contributed by atoms with Crippen LogP contribution >= 0.6 is 0 Å². The first-order chi connectivity index (χ1) is 10.2. The minimum absolute atomic E-state index is 0.162. The van der Waals surface area contributed by atoms with Crippen LogP contribution in [0.5, 0.6) is 0 Å². The molecule has 0 radical (unpaired) electrons. The average molecular weight is 289 g/mol. The Morgan fingerprint density at radius 1 is 1.43 bits per heavy atom. The van der Waals surface area contributed by atoms with Crippen LogP contribution in [-0.4, -0.2) is 34.0 Å². The van der Waals surface area contributed by atoms with Crippen molar-refractivity contribution in [3.63, 3.8) is 0 Å². The van der Waals surface area contributed by atoms with Crippen molar-refractivity contribution in [3.05, 3.63) is 53.4 Å². The van der Waals surface area contributed by atoms with E-state index in [1.807, 2.05) is 4.57 Å². The molecule has 0 bridgehead atoms. The van der Waals surface area contributed by atoms with Crippen LogP contribution in [0.2, 0.25) is 0 Å². The predicted molar refractivity (Wildman–Crippen MR) is 74.1 cm³/mol. The van der Waals surface area contributed by atoms with E-state index in [9.17, 15) is 9.18 Å². The molecule has 0 N–H and O–H groups in total. The van der Waals surface area contributed by atoms with Gasteiger partial charge in [0.1, 0.15) is 5.82 Å². The fourth-order valence-corrected chi connectivity index (χ4v) is 2.55. The van der Waals surface area contributed by atoms with Gasteiger partial charge in [0.25, 0.3) is 5.91 Å². The number of imidazole rings is 1. The normalized spacial score (nSPS) is 14.1. The number of amides is 1. The summed E-state index contributed by atoms with van der Waals surface area (Å²) in [5.74, 6) is -0.562. The van der Waals surface area contributed by atoms with Crippen molar-refractivity contribution in [1.29, 1.82) is 0 Å². The van der Waals surface area contributed by atoms with Gasteiger partial charge in [-0.2, -0.15) is 0 Å². The molecule has 3 rings (SSSR count). The third-order valence-corrected chi connectivity index (χ3v) is 3.62. The molecule has 0 spiro atoms. The summed E-state index contributed by atoms with van der Waals surface area (Å²) in [5.41, 5.74) is 2.19. The second-order valence-corrected chi connectivity index (χ2v) is 5.00. The van der Waals surface area contributed by atoms with Crippen molar-refractivity contribution in [2.45, 2.75) is 19.7 Å². The van der Waals surface area contributed by atoms with Gasteiger partial charge in [-0.1, -0.05) is 6.07 Å². The molecule has 0 atom stereocenters. The molecule has 0 saturated carbocycles. The minimum atomic E-state index is -0.400. The van der Waals surface area contributed by atoms with Crippen LogP contribution in [0.1, 0.15) is 21.7 Å². The number of fused-ring (bicyclic) bond motifs is 1. The highest BCUT2D eigenvalue weighted by Gasteiger charge is 2.24. The molecule has 5 nitrogen and oxygen atoms in total. The smallest absolute Gasteiger partial charge is 0.254 e. The van der Waals surface area contributed by atoms with E-state index >= 15 is 0 Å². The van der Waals surface area contributed by atoms with Crippen LogP contribution in [0.3, 0.4) is 0 Å². The van der Waals surface area contributed by atoms with Crippen LogP contribution in [0.25, 0.3) is 0 Å². The average Bonchev–Trinajstić information content (AvgIpc) is 2.89. The zero-order valence-corrected chi connectivity index (χ0v) is 11.8. The zero-order chi connectivity index (χ0) is 14.8. The highest BCUT2D eigenvalue weighted by Crippen LogP contribution is 2.19. The topological polar surface area (TPSA) is 47.4 Å². The Hall–Kier alpha value is -2.21. The Morgan fingerprint density at radius 3 is 3.05 bits per heavy atom. The lowest BCUT2D eigenvalue weighted by atomic mass is 10.1. The molecule has 2 heterocycles. The van der Waals surface area contributed by atoms with Gasteiger partial charge in [0, 0.05) is 25.8 Å². The molecule has 1 aromatic heterocycles. The van der Waals surface area contributed by atoms with Crippen LogP contribution in [-0.2, 0) is 24.4 Å². The van der Waals surface area contributed by atoms with Crippen molar-refractivity contribution in [2.24, 2.45) is 0 Å². The molecular formula is C15H16FN3O2. The molecule has 6 heteroatoms. The Bertz CT molecular complexity index is 669. The number of hydrogen-bond donors (Lipinski definition) is 0. The summed E-state index contributed by atoms with van der Waals surface area (Å²) in [6.07, 6.45) is 1.77. The minimum Gasteiger partial charge on any atom is -0.378 e. The lowest BCUT2D eigenvalue weighted by Gasteiger charge is -2.29. The van der Waals surface area contributed by atoms with Gasteiger partial charge in [-0.3, -0.25) is 4.79 Å². The summed E-state index contributed by atoms with van der Waals surface area (Å²) >= 11 is 0. The first-order valence-electron chi connectivity index (χ1n) is 6.75. The molecule has 21 heavy (non-hydrogen) atoms. The number of hydrogen-bond acceptors (Lipinski definition) is 3. The van der Waals surface area contributed by atoms with Gasteiger partial charge in [0.2, 0.25) is 0 Å². The van der Waals surface area contributed by atoms with Gasteiger partial charge in [-0.15, -0.1) is 0 Å². The number of nitrogens with zero attached hydrogens (tertiary/aromatic N) is 3. The maximum atomic E-state index is 13.2. The van der Waals surface area contributed by atoms with E-state index in [-0.39, 0.29) is 5.91 Å². The fraction of sp³-hybridized carbons (Fsp3) is 0.333. The summed E-state index contributed by atoms with van der Waals surface area (Å²) in [7, 11) is 1.62. The molecule has 110 valence electrons. The SMILES string of the molecule is COCc1ncn2c1CN(C(=O)c1cccc(F)c1)CC2. The first-order valence-corrected chi connectivity index (χ1v) is 6.75. The van der Waals surface area contributed by atoms with Crippen LogP contribution in [0, 0.1) is 5.82 Å². The highest BCUT2D eigenvalue weighted by atomic mass is 19.1. The van der Waals surface area contributed by atoms with E-state index in [4.69, 9.17) is 4.74 Å². The number of halogens is 1. The van der Waals surface area contributed by atoms with Gasteiger partial charge in [-0.05, 0) is 18.2 Å². The van der Waals surface area contributed by atoms with E-state index < -0.39 is 5.82 Å². The molecule has 1 aliphatic heterocycles. The molecular weight excluding hydrogens is 273 g/mol. The summed E-state index contributed by atoms with van der Waals surface area (Å²) in [5, 5.41) is 0. The summed E-state index contributed by atoms with van der Waals surface area (Å²) < 4.78 is 20.4. The lowest BCUT2D eigenvalue weighted by molar-refractivity contribution is 0.0707. The number of ether oxygens (including phenoxy) is 1. The lowest BCUT2D eigenvalue weighted by Crippen LogP contribution is -2.38. The number of rotatable bonds is 3. The molecule has 0 fully saturated rings. The van der Waals surface area contributed by atoms with Gasteiger partial charge < -0.3 is 14.2 Å². The summed E-state index contributed by atoms with van der Waals surface area (Å²) in [4.78, 5) is 18.5. The summed E-state index contributed by atoms with van der Waals surface area (Å²) in [6.45, 7) is 2.16. The largest absolute Gasteiger partial charge is 0.378 e. The quantitative estimate of drug-likeness (QED) is 0.866. The molecule has 1 aromatic carbocycles. The fourth-order valence-electron chi connectivity index (χ4n) is 2.55. The van der Waals surface area contributed by atoms with Gasteiger partial charge >= 0.3 is 0 Å². The second-order valence-electron chi connectivity index (χ2n) is 5.00. The maximum Gasteiger partial charge on any atom is 0.254 e. The van der Waals surface area contributed by atoms with Crippen LogP contribution in [0.4, 0.5) is 4.39 Å². The van der Waals surface area contributed by atoms with Crippen molar-refractivity contribution >= 4 is 5.91 Å². The van der Waals surface area contributed by atoms with Gasteiger partial charge in [-0.25, -0.2) is 9.37 Å². The Balaban J connectivity index is 1.82. The van der Waals surface area contributed by atoms with Crippen molar-refractivity contribution in [3.8, 4) is 0 Å². The van der Waals surface area contributed by atoms with E-state index in [0.717, 1.165) is 11.4 Å². The van der Waals surface area contributed by atoms with E-state index in [0.29, 0.717) is 31.8 Å². The third kappa shape index (κ3) is 2.67. The highest BCUT2D eigenvalue weighted by molar-refractivity contribution is 5.94. The van der Waals surface area contributed by atoms with Crippen molar-refractivity contribution in [2.75, 3.05) is 13.7 Å². The van der Waals surface area contributed by atoms with Gasteiger partial charge in [0.15, 0.2) is 0 Å². The zero-order valence-electron chi connectivity index (χ0n) is 11.8.